The fourth-order valence-corrected chi connectivity index (χ4v) is 1.60. The Morgan fingerprint density at radius 3 is 3.00 bits per heavy atom. The van der Waals surface area contributed by atoms with Crippen molar-refractivity contribution in [2.24, 2.45) is 0 Å². The van der Waals surface area contributed by atoms with Crippen LogP contribution in [0.3, 0.4) is 0 Å². The molecular weight excluding hydrogens is 220 g/mol. The molecule has 0 aliphatic heterocycles. The monoisotopic (exact) mass is 232 g/mol. The number of halogens is 1. The first-order valence-electron chi connectivity index (χ1n) is 3.98. The van der Waals surface area contributed by atoms with E-state index in [1.165, 1.54) is 5.69 Å². The predicted molar refractivity (Wildman–Crippen MR) is 51.2 cm³/mol. The van der Waals surface area contributed by atoms with Gasteiger partial charge in [-0.05, 0) is 22.9 Å². The summed E-state index contributed by atoms with van der Waals surface area (Å²) < 4.78 is 8.05. The average molecular weight is 233 g/mol. The average Bonchev–Trinajstić information content (AvgIpc) is 2.43. The molecule has 0 spiro atoms. The Bertz CT molecular complexity index is 247. The van der Waals surface area contributed by atoms with Crippen molar-refractivity contribution in [3.8, 4) is 0 Å². The Labute approximate surface area is 80.8 Å². The van der Waals surface area contributed by atoms with E-state index in [2.05, 4.69) is 28.0 Å². The van der Waals surface area contributed by atoms with Gasteiger partial charge in [0, 0.05) is 20.1 Å². The molecule has 0 radical (unpaired) electrons. The summed E-state index contributed by atoms with van der Waals surface area (Å²) in [6.07, 6.45) is 2.74. The summed E-state index contributed by atoms with van der Waals surface area (Å²) in [5, 5.41) is 4.20. The van der Waals surface area contributed by atoms with Crippen molar-refractivity contribution in [2.45, 2.75) is 19.9 Å². The van der Waals surface area contributed by atoms with Crippen molar-refractivity contribution >= 4 is 15.9 Å². The topological polar surface area (TPSA) is 27.1 Å². The molecule has 0 fully saturated rings. The maximum atomic E-state index is 5.01. The lowest BCUT2D eigenvalue weighted by Crippen LogP contribution is -2.05. The van der Waals surface area contributed by atoms with E-state index in [1.54, 1.807) is 7.11 Å². The van der Waals surface area contributed by atoms with E-state index in [9.17, 15) is 0 Å². The maximum Gasteiger partial charge on any atom is 0.0635 e. The van der Waals surface area contributed by atoms with Gasteiger partial charge in [-0.15, -0.1) is 0 Å². The van der Waals surface area contributed by atoms with Crippen LogP contribution in [0.25, 0.3) is 0 Å². The lowest BCUT2D eigenvalue weighted by Gasteiger charge is -2.03. The Morgan fingerprint density at radius 1 is 1.67 bits per heavy atom. The Balaban J connectivity index is 2.72. The molecule has 0 saturated carbocycles. The maximum absolute atomic E-state index is 5.01. The number of aromatic nitrogens is 2. The molecule has 4 heteroatoms. The zero-order chi connectivity index (χ0) is 8.97. The Morgan fingerprint density at radius 2 is 2.42 bits per heavy atom. The van der Waals surface area contributed by atoms with Crippen molar-refractivity contribution in [2.75, 3.05) is 13.7 Å². The van der Waals surface area contributed by atoms with E-state index >= 15 is 0 Å². The summed E-state index contributed by atoms with van der Waals surface area (Å²) in [7, 11) is 1.71. The summed E-state index contributed by atoms with van der Waals surface area (Å²) in [6, 6.07) is 0. The van der Waals surface area contributed by atoms with Gasteiger partial charge < -0.3 is 4.74 Å². The Kier molecular flexibility index (Phi) is 3.75. The molecule has 0 amide bonds. The lowest BCUT2D eigenvalue weighted by molar-refractivity contribution is 0.200. The van der Waals surface area contributed by atoms with Crippen LogP contribution in [-0.2, 0) is 17.7 Å². The molecule has 12 heavy (non-hydrogen) atoms. The number of ether oxygens (including phenoxy) is 1. The molecule has 0 aliphatic rings. The first kappa shape index (κ1) is 9.74. The number of hydrogen-bond acceptors (Lipinski definition) is 2. The third-order valence-electron chi connectivity index (χ3n) is 1.74. The van der Waals surface area contributed by atoms with Crippen LogP contribution in [-0.4, -0.2) is 23.5 Å². The zero-order valence-electron chi connectivity index (χ0n) is 7.38. The molecule has 0 aromatic carbocycles. The standard InChI is InChI=1S/C8H13BrN2O/c1-3-11-8(4-5-12-2)7(9)6-10-11/h6H,3-5H2,1-2H3. The van der Waals surface area contributed by atoms with Gasteiger partial charge in [0.05, 0.1) is 23.0 Å². The molecule has 1 heterocycles. The summed E-state index contributed by atoms with van der Waals surface area (Å²) >= 11 is 3.45. The summed E-state index contributed by atoms with van der Waals surface area (Å²) in [6.45, 7) is 3.73. The second-order valence-corrected chi connectivity index (χ2v) is 3.35. The van der Waals surface area contributed by atoms with Crippen molar-refractivity contribution < 1.29 is 4.74 Å². The van der Waals surface area contributed by atoms with E-state index in [0.717, 1.165) is 24.0 Å². The van der Waals surface area contributed by atoms with Gasteiger partial charge in [0.15, 0.2) is 0 Å². The van der Waals surface area contributed by atoms with E-state index in [0.29, 0.717) is 0 Å². The fourth-order valence-electron chi connectivity index (χ4n) is 1.11. The first-order chi connectivity index (χ1) is 5.79. The van der Waals surface area contributed by atoms with Gasteiger partial charge in [0.2, 0.25) is 0 Å². The third-order valence-corrected chi connectivity index (χ3v) is 2.40. The van der Waals surface area contributed by atoms with Crippen LogP contribution < -0.4 is 0 Å². The molecule has 1 aromatic heterocycles. The van der Waals surface area contributed by atoms with Gasteiger partial charge in [0.25, 0.3) is 0 Å². The summed E-state index contributed by atoms with van der Waals surface area (Å²) in [5.41, 5.74) is 1.21. The number of rotatable bonds is 4. The van der Waals surface area contributed by atoms with Gasteiger partial charge >= 0.3 is 0 Å². The molecule has 3 nitrogen and oxygen atoms in total. The molecule has 0 unspecified atom stereocenters. The van der Waals surface area contributed by atoms with Crippen LogP contribution >= 0.6 is 15.9 Å². The molecule has 0 aliphatic carbocycles. The normalized spacial score (nSPS) is 10.6. The minimum absolute atomic E-state index is 0.740. The lowest BCUT2D eigenvalue weighted by atomic mass is 10.3. The van der Waals surface area contributed by atoms with Crippen LogP contribution in [0, 0.1) is 0 Å². The predicted octanol–water partition coefficient (Wildman–Crippen LogP) is 1.85. The smallest absolute Gasteiger partial charge is 0.0635 e. The number of methoxy groups -OCH3 is 1. The van der Waals surface area contributed by atoms with Gasteiger partial charge in [0.1, 0.15) is 0 Å². The molecule has 0 saturated heterocycles. The van der Waals surface area contributed by atoms with Crippen LogP contribution in [0.1, 0.15) is 12.6 Å². The van der Waals surface area contributed by atoms with Crippen molar-refractivity contribution in [1.29, 1.82) is 0 Å². The largest absolute Gasteiger partial charge is 0.384 e. The van der Waals surface area contributed by atoms with E-state index in [4.69, 9.17) is 4.74 Å². The van der Waals surface area contributed by atoms with Crippen LogP contribution in [0.15, 0.2) is 10.7 Å². The second-order valence-electron chi connectivity index (χ2n) is 2.50. The van der Waals surface area contributed by atoms with E-state index in [1.807, 2.05) is 10.9 Å². The number of aryl methyl sites for hydroxylation is 1. The molecule has 0 bridgehead atoms. The highest BCUT2D eigenvalue weighted by atomic mass is 79.9. The quantitative estimate of drug-likeness (QED) is 0.793. The van der Waals surface area contributed by atoms with Gasteiger partial charge in [-0.25, -0.2) is 0 Å². The molecule has 1 rings (SSSR count). The summed E-state index contributed by atoms with van der Waals surface area (Å²) in [4.78, 5) is 0. The minimum atomic E-state index is 0.740. The highest BCUT2D eigenvalue weighted by Gasteiger charge is 2.05. The molecule has 1 aromatic rings. The van der Waals surface area contributed by atoms with Gasteiger partial charge in [-0.2, -0.15) is 5.10 Å². The van der Waals surface area contributed by atoms with Crippen LogP contribution in [0.5, 0.6) is 0 Å². The minimum Gasteiger partial charge on any atom is -0.384 e. The Hall–Kier alpha value is -0.350. The molecule has 0 N–H and O–H groups in total. The highest BCUT2D eigenvalue weighted by molar-refractivity contribution is 9.10. The van der Waals surface area contributed by atoms with Gasteiger partial charge in [-0.3, -0.25) is 4.68 Å². The fraction of sp³-hybridized carbons (Fsp3) is 0.625. The van der Waals surface area contributed by atoms with Crippen LogP contribution in [0.2, 0.25) is 0 Å². The van der Waals surface area contributed by atoms with Crippen molar-refractivity contribution in [3.63, 3.8) is 0 Å². The first-order valence-corrected chi connectivity index (χ1v) is 4.78. The number of nitrogens with zero attached hydrogens (tertiary/aromatic N) is 2. The van der Waals surface area contributed by atoms with Crippen LogP contribution in [0.4, 0.5) is 0 Å². The third kappa shape index (κ3) is 2.08. The van der Waals surface area contributed by atoms with E-state index in [-0.39, 0.29) is 0 Å². The SMILES string of the molecule is CCn1ncc(Br)c1CCOC. The van der Waals surface area contributed by atoms with Crippen molar-refractivity contribution in [1.82, 2.24) is 9.78 Å². The summed E-state index contributed by atoms with van der Waals surface area (Å²) in [5.74, 6) is 0. The number of hydrogen-bond donors (Lipinski definition) is 0. The van der Waals surface area contributed by atoms with Crippen molar-refractivity contribution in [3.05, 3.63) is 16.4 Å². The molecule has 0 atom stereocenters. The molecular formula is C8H13BrN2O. The van der Waals surface area contributed by atoms with Gasteiger partial charge in [-0.1, -0.05) is 0 Å². The zero-order valence-corrected chi connectivity index (χ0v) is 8.97. The second kappa shape index (κ2) is 4.62. The van der Waals surface area contributed by atoms with E-state index < -0.39 is 0 Å². The highest BCUT2D eigenvalue weighted by Crippen LogP contribution is 2.16. The molecule has 68 valence electrons.